The molecule has 0 N–H and O–H groups in total. The fraction of sp³-hybridized carbons (Fsp3) is 0.467. The Hall–Kier alpha value is -1.39. The molecule has 0 saturated heterocycles. The number of ether oxygens (including phenoxy) is 1. The molecule has 0 spiro atoms. The van der Waals surface area contributed by atoms with Crippen LogP contribution >= 0.6 is 15.9 Å². The Morgan fingerprint density at radius 3 is 2.41 bits per heavy atom. The first-order valence-electron chi connectivity index (χ1n) is 6.90. The molecule has 118 valence electrons. The zero-order valence-corrected chi connectivity index (χ0v) is 14.6. The largest absolute Gasteiger partial charge is 0.465 e. The lowest BCUT2D eigenvalue weighted by atomic mass is 10.0. The van der Waals surface area contributed by atoms with Crippen LogP contribution < -0.4 is 0 Å². The van der Waals surface area contributed by atoms with E-state index in [1.807, 2.05) is 6.07 Å². The maximum atomic E-state index is 12.3. The molecule has 0 aromatic heterocycles. The number of hydrogen-bond acceptors (Lipinski definition) is 5. The van der Waals surface area contributed by atoms with Crippen molar-refractivity contribution in [3.8, 4) is 6.07 Å². The summed E-state index contributed by atoms with van der Waals surface area (Å²) in [7, 11) is -3.55. The number of sulfone groups is 1. The number of nitrogens with zero attached hydrogens (tertiary/aromatic N) is 1. The summed E-state index contributed by atoms with van der Waals surface area (Å²) in [6, 6.07) is 8.90. The van der Waals surface area contributed by atoms with Gasteiger partial charge in [-0.15, -0.1) is 0 Å². The molecule has 5 nitrogen and oxygen atoms in total. The molecule has 3 atom stereocenters. The van der Waals surface area contributed by atoms with Crippen LogP contribution in [0.1, 0.15) is 25.3 Å². The minimum Gasteiger partial charge on any atom is -0.465 e. The molecule has 1 fully saturated rings. The van der Waals surface area contributed by atoms with E-state index in [0.717, 1.165) is 4.47 Å². The molecule has 7 heteroatoms. The zero-order valence-electron chi connectivity index (χ0n) is 12.2. The molecule has 0 unspecified atom stereocenters. The van der Waals surface area contributed by atoms with Crippen LogP contribution in [0.5, 0.6) is 0 Å². The smallest absolute Gasteiger partial charge is 0.328 e. The van der Waals surface area contributed by atoms with Crippen molar-refractivity contribution in [1.29, 1.82) is 5.26 Å². The minimum absolute atomic E-state index is 0.105. The van der Waals surface area contributed by atoms with Crippen molar-refractivity contribution in [3.05, 3.63) is 34.3 Å². The van der Waals surface area contributed by atoms with E-state index >= 15 is 0 Å². The average Bonchev–Trinajstić information content (AvgIpc) is 3.20. The number of carbonyl (C=O) groups is 1. The highest BCUT2D eigenvalue weighted by Gasteiger charge is 2.77. The fourth-order valence-electron chi connectivity index (χ4n) is 2.81. The Balaban J connectivity index is 2.52. The summed E-state index contributed by atoms with van der Waals surface area (Å²) in [6.07, 6.45) is 0. The fourth-order valence-corrected chi connectivity index (χ4v) is 5.00. The third-order valence-corrected chi connectivity index (χ3v) is 6.70. The van der Waals surface area contributed by atoms with Crippen molar-refractivity contribution >= 4 is 31.7 Å². The molecule has 0 heterocycles. The molecular formula is C15H16BrNO4S. The van der Waals surface area contributed by atoms with Gasteiger partial charge < -0.3 is 4.74 Å². The Morgan fingerprint density at radius 2 is 1.95 bits per heavy atom. The summed E-state index contributed by atoms with van der Waals surface area (Å²) in [4.78, 5) is 12.3. The molecule has 1 aliphatic carbocycles. The van der Waals surface area contributed by atoms with Crippen LogP contribution in [0.3, 0.4) is 0 Å². The lowest BCUT2D eigenvalue weighted by Crippen LogP contribution is -2.26. The predicted molar refractivity (Wildman–Crippen MR) is 84.8 cm³/mol. The van der Waals surface area contributed by atoms with Crippen molar-refractivity contribution in [2.45, 2.75) is 25.0 Å². The van der Waals surface area contributed by atoms with E-state index < -0.39 is 32.4 Å². The molecular weight excluding hydrogens is 370 g/mol. The summed E-state index contributed by atoms with van der Waals surface area (Å²) in [6.45, 7) is 3.25. The van der Waals surface area contributed by atoms with E-state index in [1.165, 1.54) is 6.92 Å². The van der Waals surface area contributed by atoms with Crippen LogP contribution in [0.15, 0.2) is 28.7 Å². The highest BCUT2D eigenvalue weighted by atomic mass is 79.9. The highest BCUT2D eigenvalue weighted by Crippen LogP contribution is 2.63. The molecule has 2 rings (SSSR count). The van der Waals surface area contributed by atoms with E-state index in [9.17, 15) is 18.5 Å². The van der Waals surface area contributed by atoms with Gasteiger partial charge in [-0.25, -0.2) is 8.42 Å². The first-order valence-corrected chi connectivity index (χ1v) is 9.41. The van der Waals surface area contributed by atoms with Gasteiger partial charge in [0, 0.05) is 16.1 Å². The van der Waals surface area contributed by atoms with Crippen LogP contribution in [0.25, 0.3) is 0 Å². The standard InChI is InChI=1S/C15H16BrNO4S/c1-3-21-14(18)15(9-17)12(13(15)22(19,20)4-2)10-5-7-11(16)8-6-10/h5-8,12-13H,3-4H2,1-2H3/t12-,13-,15+/m0/s1. The molecule has 0 aliphatic heterocycles. The quantitative estimate of drug-likeness (QED) is 0.726. The molecule has 0 bridgehead atoms. The maximum Gasteiger partial charge on any atom is 0.328 e. The number of rotatable bonds is 5. The summed E-state index contributed by atoms with van der Waals surface area (Å²) >= 11 is 3.31. The molecule has 22 heavy (non-hydrogen) atoms. The Kier molecular flexibility index (Phi) is 4.64. The van der Waals surface area contributed by atoms with E-state index in [1.54, 1.807) is 31.2 Å². The molecule has 0 amide bonds. The van der Waals surface area contributed by atoms with Crippen molar-refractivity contribution in [3.63, 3.8) is 0 Å². The van der Waals surface area contributed by atoms with Gasteiger partial charge in [0.05, 0.1) is 12.7 Å². The molecule has 1 aromatic carbocycles. The number of esters is 1. The van der Waals surface area contributed by atoms with Crippen molar-refractivity contribution in [2.75, 3.05) is 12.4 Å². The van der Waals surface area contributed by atoms with E-state index in [4.69, 9.17) is 4.74 Å². The number of hydrogen-bond donors (Lipinski definition) is 0. The van der Waals surface area contributed by atoms with Gasteiger partial charge >= 0.3 is 5.97 Å². The lowest BCUT2D eigenvalue weighted by molar-refractivity contribution is -0.147. The summed E-state index contributed by atoms with van der Waals surface area (Å²) in [5.41, 5.74) is -0.988. The van der Waals surface area contributed by atoms with Crippen molar-refractivity contribution in [2.24, 2.45) is 5.41 Å². The van der Waals surface area contributed by atoms with Gasteiger partial charge in [-0.05, 0) is 24.6 Å². The van der Waals surface area contributed by atoms with Gasteiger partial charge in [0.25, 0.3) is 0 Å². The van der Waals surface area contributed by atoms with E-state index in [0.29, 0.717) is 5.56 Å². The van der Waals surface area contributed by atoms with Crippen LogP contribution in [0, 0.1) is 16.7 Å². The number of nitriles is 1. The number of halogens is 1. The maximum absolute atomic E-state index is 12.3. The van der Waals surface area contributed by atoms with Crippen LogP contribution in [-0.4, -0.2) is 32.0 Å². The van der Waals surface area contributed by atoms with E-state index in [2.05, 4.69) is 15.9 Å². The van der Waals surface area contributed by atoms with Gasteiger partial charge in [0.1, 0.15) is 5.25 Å². The monoisotopic (exact) mass is 385 g/mol. The lowest BCUT2D eigenvalue weighted by Gasteiger charge is -2.08. The normalized spacial score (nSPS) is 27.0. The Morgan fingerprint density at radius 1 is 1.36 bits per heavy atom. The van der Waals surface area contributed by atoms with Gasteiger partial charge in [0.15, 0.2) is 15.3 Å². The zero-order chi connectivity index (χ0) is 16.5. The van der Waals surface area contributed by atoms with Gasteiger partial charge in [-0.1, -0.05) is 35.0 Å². The van der Waals surface area contributed by atoms with Gasteiger partial charge in [-0.2, -0.15) is 5.26 Å². The second-order valence-corrected chi connectivity index (χ2v) is 8.43. The number of carbonyl (C=O) groups excluding carboxylic acids is 1. The van der Waals surface area contributed by atoms with Crippen LogP contribution in [0.4, 0.5) is 0 Å². The first-order chi connectivity index (χ1) is 10.3. The van der Waals surface area contributed by atoms with Crippen molar-refractivity contribution in [1.82, 2.24) is 0 Å². The van der Waals surface area contributed by atoms with Crippen LogP contribution in [0.2, 0.25) is 0 Å². The SMILES string of the molecule is CCOC(=O)[C@]1(C#N)[C@@H](c2ccc(Br)cc2)[C@@H]1S(=O)(=O)CC. The Labute approximate surface area is 138 Å². The summed E-state index contributed by atoms with van der Waals surface area (Å²) in [5.74, 6) is -1.56. The number of benzene rings is 1. The van der Waals surface area contributed by atoms with Crippen LogP contribution in [-0.2, 0) is 19.4 Å². The van der Waals surface area contributed by atoms with Crippen molar-refractivity contribution < 1.29 is 17.9 Å². The third kappa shape index (κ3) is 2.55. The van der Waals surface area contributed by atoms with Gasteiger partial charge in [-0.3, -0.25) is 4.79 Å². The topological polar surface area (TPSA) is 84.2 Å². The molecule has 0 radical (unpaired) electrons. The second kappa shape index (κ2) is 6.01. The summed E-state index contributed by atoms with van der Waals surface area (Å²) in [5, 5.41) is 8.50. The van der Waals surface area contributed by atoms with E-state index in [-0.39, 0.29) is 12.4 Å². The Bertz CT molecular complexity index is 723. The molecule has 1 saturated carbocycles. The predicted octanol–water partition coefficient (Wildman–Crippen LogP) is 2.42. The van der Waals surface area contributed by atoms with Gasteiger partial charge in [0.2, 0.25) is 0 Å². The average molecular weight is 386 g/mol. The third-order valence-electron chi connectivity index (χ3n) is 3.95. The first kappa shape index (κ1) is 17.0. The highest BCUT2D eigenvalue weighted by molar-refractivity contribution is 9.10. The molecule has 1 aliphatic rings. The minimum atomic E-state index is -3.55. The summed E-state index contributed by atoms with van der Waals surface area (Å²) < 4.78 is 30.5. The second-order valence-electron chi connectivity index (χ2n) is 5.10. The molecule has 1 aromatic rings.